The van der Waals surface area contributed by atoms with E-state index in [9.17, 15) is 0 Å². The van der Waals surface area contributed by atoms with Crippen LogP contribution < -0.4 is 0 Å². The van der Waals surface area contributed by atoms with Gasteiger partial charge in [0, 0.05) is 38.3 Å². The van der Waals surface area contributed by atoms with Crippen molar-refractivity contribution in [1.82, 2.24) is 9.80 Å². The van der Waals surface area contributed by atoms with E-state index in [0.29, 0.717) is 0 Å². The van der Waals surface area contributed by atoms with Crippen LogP contribution in [0.25, 0.3) is 0 Å². The first-order valence-electron chi connectivity index (χ1n) is 7.68. The Morgan fingerprint density at radius 3 is 2.00 bits per heavy atom. The van der Waals surface area contributed by atoms with Crippen LogP contribution in [0, 0.1) is 5.92 Å². The predicted octanol–water partition coefficient (Wildman–Crippen LogP) is 2.98. The van der Waals surface area contributed by atoms with Crippen LogP contribution in [-0.4, -0.2) is 48.1 Å². The Morgan fingerprint density at radius 1 is 0.941 bits per heavy atom. The summed E-state index contributed by atoms with van der Waals surface area (Å²) in [6, 6.07) is 1.64. The van der Waals surface area contributed by atoms with Gasteiger partial charge in [0.15, 0.2) is 0 Å². The molecule has 1 saturated carbocycles. The minimum atomic E-state index is 0.730. The molecule has 2 heteroatoms. The number of nitrogens with zero attached hydrogens (tertiary/aromatic N) is 2. The Hall–Kier alpha value is -0.0800. The zero-order valence-corrected chi connectivity index (χ0v) is 12.0. The van der Waals surface area contributed by atoms with E-state index in [1.807, 2.05) is 0 Å². The van der Waals surface area contributed by atoms with E-state index in [1.54, 1.807) is 0 Å². The van der Waals surface area contributed by atoms with Gasteiger partial charge >= 0.3 is 0 Å². The molecule has 100 valence electrons. The lowest BCUT2D eigenvalue weighted by atomic mass is 9.84. The van der Waals surface area contributed by atoms with Crippen molar-refractivity contribution in [3.63, 3.8) is 0 Å². The van der Waals surface area contributed by atoms with Crippen molar-refractivity contribution in [1.29, 1.82) is 0 Å². The number of hydrogen-bond acceptors (Lipinski definition) is 2. The second kappa shape index (κ2) is 6.19. The standard InChI is InChI=1S/C15H30N2/c1-4-14-5-7-15(8-6-14)17-11-9-16(10-12-17)13(2)3/h13-15H,4-12H2,1-3H3/t14-,15-. The number of rotatable bonds is 3. The van der Waals surface area contributed by atoms with E-state index < -0.39 is 0 Å². The smallest absolute Gasteiger partial charge is 0.0113 e. The zero-order chi connectivity index (χ0) is 12.3. The topological polar surface area (TPSA) is 6.48 Å². The molecule has 0 aromatic rings. The fourth-order valence-corrected chi connectivity index (χ4v) is 3.54. The van der Waals surface area contributed by atoms with Crippen molar-refractivity contribution in [3.05, 3.63) is 0 Å². The van der Waals surface area contributed by atoms with Gasteiger partial charge in [0.2, 0.25) is 0 Å². The van der Waals surface area contributed by atoms with Crippen molar-refractivity contribution < 1.29 is 0 Å². The summed E-state index contributed by atoms with van der Waals surface area (Å²) in [4.78, 5) is 5.39. The average Bonchev–Trinajstić information content (AvgIpc) is 2.39. The van der Waals surface area contributed by atoms with E-state index in [2.05, 4.69) is 30.6 Å². The van der Waals surface area contributed by atoms with Gasteiger partial charge in [-0.15, -0.1) is 0 Å². The molecule has 0 amide bonds. The first-order valence-corrected chi connectivity index (χ1v) is 7.68. The molecule has 17 heavy (non-hydrogen) atoms. The zero-order valence-electron chi connectivity index (χ0n) is 12.0. The molecule has 0 bridgehead atoms. The van der Waals surface area contributed by atoms with Crippen LogP contribution in [0.5, 0.6) is 0 Å². The van der Waals surface area contributed by atoms with Gasteiger partial charge in [-0.25, -0.2) is 0 Å². The second-order valence-electron chi connectivity index (χ2n) is 6.25. The molecule has 0 N–H and O–H groups in total. The van der Waals surface area contributed by atoms with Gasteiger partial charge in [-0.2, -0.15) is 0 Å². The molecule has 1 saturated heterocycles. The van der Waals surface area contributed by atoms with Gasteiger partial charge in [-0.3, -0.25) is 9.80 Å². The molecule has 1 heterocycles. The highest BCUT2D eigenvalue weighted by atomic mass is 15.3. The summed E-state index contributed by atoms with van der Waals surface area (Å²) in [5.41, 5.74) is 0. The van der Waals surface area contributed by atoms with Crippen molar-refractivity contribution in [3.8, 4) is 0 Å². The Morgan fingerprint density at radius 2 is 1.53 bits per heavy atom. The van der Waals surface area contributed by atoms with Crippen molar-refractivity contribution in [2.24, 2.45) is 5.92 Å². The van der Waals surface area contributed by atoms with Crippen LogP contribution in [0.2, 0.25) is 0 Å². The third-order valence-electron chi connectivity index (χ3n) is 4.99. The molecular formula is C15H30N2. The molecule has 2 nitrogen and oxygen atoms in total. The summed E-state index contributed by atoms with van der Waals surface area (Å²) in [5.74, 6) is 1.03. The molecule has 2 fully saturated rings. The minimum Gasteiger partial charge on any atom is -0.298 e. The molecule has 0 spiro atoms. The lowest BCUT2D eigenvalue weighted by Gasteiger charge is -2.43. The van der Waals surface area contributed by atoms with Crippen LogP contribution >= 0.6 is 0 Å². The van der Waals surface area contributed by atoms with Gasteiger partial charge in [0.1, 0.15) is 0 Å². The summed E-state index contributed by atoms with van der Waals surface area (Å²) in [7, 11) is 0. The van der Waals surface area contributed by atoms with E-state index in [0.717, 1.165) is 18.0 Å². The third-order valence-corrected chi connectivity index (χ3v) is 4.99. The van der Waals surface area contributed by atoms with Gasteiger partial charge in [-0.05, 0) is 45.4 Å². The maximum atomic E-state index is 2.77. The summed E-state index contributed by atoms with van der Waals surface area (Å²) in [6.45, 7) is 12.2. The fourth-order valence-electron chi connectivity index (χ4n) is 3.54. The number of piperazine rings is 1. The van der Waals surface area contributed by atoms with Gasteiger partial charge < -0.3 is 0 Å². The first-order chi connectivity index (χ1) is 8.20. The molecule has 0 aromatic carbocycles. The fraction of sp³-hybridized carbons (Fsp3) is 1.00. The largest absolute Gasteiger partial charge is 0.298 e. The summed E-state index contributed by atoms with van der Waals surface area (Å²) >= 11 is 0. The summed E-state index contributed by atoms with van der Waals surface area (Å²) in [5, 5.41) is 0. The molecular weight excluding hydrogens is 208 g/mol. The molecule has 1 aliphatic heterocycles. The Balaban J connectivity index is 1.74. The maximum Gasteiger partial charge on any atom is 0.0113 e. The van der Waals surface area contributed by atoms with Crippen LogP contribution in [0.1, 0.15) is 52.9 Å². The van der Waals surface area contributed by atoms with Crippen LogP contribution in [0.3, 0.4) is 0 Å². The van der Waals surface area contributed by atoms with Gasteiger partial charge in [-0.1, -0.05) is 13.3 Å². The van der Waals surface area contributed by atoms with Crippen molar-refractivity contribution in [2.75, 3.05) is 26.2 Å². The molecule has 0 aromatic heterocycles. The monoisotopic (exact) mass is 238 g/mol. The maximum absolute atomic E-state index is 2.77. The van der Waals surface area contributed by atoms with Gasteiger partial charge in [0.25, 0.3) is 0 Å². The highest BCUT2D eigenvalue weighted by Gasteiger charge is 2.28. The molecule has 1 aliphatic carbocycles. The third kappa shape index (κ3) is 3.45. The molecule has 0 atom stereocenters. The number of hydrogen-bond donors (Lipinski definition) is 0. The first kappa shape index (κ1) is 13.4. The van der Waals surface area contributed by atoms with Gasteiger partial charge in [0.05, 0.1) is 0 Å². The Bertz CT molecular complexity index is 211. The van der Waals surface area contributed by atoms with Crippen LogP contribution in [-0.2, 0) is 0 Å². The van der Waals surface area contributed by atoms with E-state index >= 15 is 0 Å². The van der Waals surface area contributed by atoms with Crippen LogP contribution in [0.4, 0.5) is 0 Å². The van der Waals surface area contributed by atoms with E-state index in [4.69, 9.17) is 0 Å². The normalized spacial score (nSPS) is 33.2. The predicted molar refractivity (Wildman–Crippen MR) is 74.3 cm³/mol. The van der Waals surface area contributed by atoms with E-state index in [1.165, 1.54) is 58.3 Å². The molecule has 0 radical (unpaired) electrons. The lowest BCUT2D eigenvalue weighted by Crippen LogP contribution is -2.52. The minimum absolute atomic E-state index is 0.730. The summed E-state index contributed by atoms with van der Waals surface area (Å²) < 4.78 is 0. The van der Waals surface area contributed by atoms with Crippen LogP contribution in [0.15, 0.2) is 0 Å². The molecule has 0 unspecified atom stereocenters. The lowest BCUT2D eigenvalue weighted by molar-refractivity contribution is 0.0572. The average molecular weight is 238 g/mol. The van der Waals surface area contributed by atoms with E-state index in [-0.39, 0.29) is 0 Å². The highest BCUT2D eigenvalue weighted by molar-refractivity contribution is 4.83. The summed E-state index contributed by atoms with van der Waals surface area (Å²) in [6.07, 6.45) is 7.27. The quantitative estimate of drug-likeness (QED) is 0.746. The molecule has 2 rings (SSSR count). The SMILES string of the molecule is CC[C@H]1CC[C@H](N2CCN(C(C)C)CC2)CC1. The van der Waals surface area contributed by atoms with Crippen molar-refractivity contribution >= 4 is 0 Å². The second-order valence-corrected chi connectivity index (χ2v) is 6.25. The van der Waals surface area contributed by atoms with Crippen molar-refractivity contribution in [2.45, 2.75) is 65.0 Å². The Labute approximate surface area is 107 Å². The molecule has 2 aliphatic rings. The Kier molecular flexibility index (Phi) is 4.87. The highest BCUT2D eigenvalue weighted by Crippen LogP contribution is 2.29.